The fourth-order valence-corrected chi connectivity index (χ4v) is 4.39. The van der Waals surface area contributed by atoms with Crippen LogP contribution >= 0.6 is 0 Å². The van der Waals surface area contributed by atoms with Crippen molar-refractivity contribution >= 4 is 16.8 Å². The molecule has 1 fully saturated rings. The molecule has 1 aromatic heterocycles. The Hall–Kier alpha value is -1.81. The number of amides is 1. The molecule has 2 aliphatic heterocycles. The Kier molecular flexibility index (Phi) is 3.22. The first-order valence-electron chi connectivity index (χ1n) is 8.26. The molecule has 0 bridgehead atoms. The van der Waals surface area contributed by atoms with Gasteiger partial charge in [-0.15, -0.1) is 0 Å². The van der Waals surface area contributed by atoms with E-state index < -0.39 is 0 Å². The summed E-state index contributed by atoms with van der Waals surface area (Å²) in [6.07, 6.45) is 3.36. The summed E-state index contributed by atoms with van der Waals surface area (Å²) in [7, 11) is 0. The van der Waals surface area contributed by atoms with Gasteiger partial charge in [0.1, 0.15) is 0 Å². The van der Waals surface area contributed by atoms with Gasteiger partial charge >= 0.3 is 0 Å². The molecule has 1 amide bonds. The van der Waals surface area contributed by atoms with Crippen LogP contribution < -0.4 is 0 Å². The summed E-state index contributed by atoms with van der Waals surface area (Å²) in [5.41, 5.74) is 3.63. The first-order valence-corrected chi connectivity index (χ1v) is 8.26. The SMILES string of the molecule is CC[C@@H]1CCC(=O)N2[C@H](CO)Cc3c([nH]c4ccccc34)[C@H]12. The van der Waals surface area contributed by atoms with E-state index in [1.54, 1.807) is 0 Å². The number of carbonyl (C=O) groups excluding carboxylic acids is 1. The maximum absolute atomic E-state index is 12.5. The van der Waals surface area contributed by atoms with Crippen LogP contribution in [0.4, 0.5) is 0 Å². The van der Waals surface area contributed by atoms with Crippen molar-refractivity contribution in [3.05, 3.63) is 35.5 Å². The quantitative estimate of drug-likeness (QED) is 0.895. The number of piperidine rings is 1. The van der Waals surface area contributed by atoms with E-state index in [2.05, 4.69) is 30.1 Å². The van der Waals surface area contributed by atoms with E-state index in [0.717, 1.165) is 24.8 Å². The number of para-hydroxylation sites is 1. The van der Waals surface area contributed by atoms with Crippen molar-refractivity contribution in [3.8, 4) is 0 Å². The summed E-state index contributed by atoms with van der Waals surface area (Å²) in [6, 6.07) is 8.34. The third-order valence-electron chi connectivity index (χ3n) is 5.47. The molecule has 3 atom stereocenters. The van der Waals surface area contributed by atoms with Crippen LogP contribution in [0.5, 0.6) is 0 Å². The number of hydrogen-bond donors (Lipinski definition) is 2. The summed E-state index contributed by atoms with van der Waals surface area (Å²) < 4.78 is 0. The van der Waals surface area contributed by atoms with E-state index in [-0.39, 0.29) is 24.6 Å². The van der Waals surface area contributed by atoms with Crippen molar-refractivity contribution in [3.63, 3.8) is 0 Å². The summed E-state index contributed by atoms with van der Waals surface area (Å²) in [5.74, 6) is 0.664. The first kappa shape index (κ1) is 13.8. The van der Waals surface area contributed by atoms with E-state index in [1.165, 1.54) is 16.6 Å². The molecule has 4 rings (SSSR count). The lowest BCUT2D eigenvalue weighted by molar-refractivity contribution is -0.145. The van der Waals surface area contributed by atoms with E-state index in [9.17, 15) is 9.90 Å². The number of nitrogens with zero attached hydrogens (tertiary/aromatic N) is 1. The highest BCUT2D eigenvalue weighted by molar-refractivity contribution is 5.86. The molecular formula is C18H22N2O2. The van der Waals surface area contributed by atoms with Crippen molar-refractivity contribution < 1.29 is 9.90 Å². The minimum atomic E-state index is -0.0847. The maximum atomic E-state index is 12.5. The van der Waals surface area contributed by atoms with Crippen molar-refractivity contribution in [1.29, 1.82) is 0 Å². The highest BCUT2D eigenvalue weighted by atomic mass is 16.3. The molecule has 0 saturated carbocycles. The average Bonchev–Trinajstić information content (AvgIpc) is 2.93. The van der Waals surface area contributed by atoms with E-state index in [1.807, 2.05) is 11.0 Å². The minimum Gasteiger partial charge on any atom is -0.394 e. The number of benzene rings is 1. The molecule has 4 heteroatoms. The number of aliphatic hydroxyl groups excluding tert-OH is 1. The van der Waals surface area contributed by atoms with Gasteiger partial charge < -0.3 is 15.0 Å². The second kappa shape index (κ2) is 5.13. The second-order valence-corrected chi connectivity index (χ2v) is 6.56. The van der Waals surface area contributed by atoms with Gasteiger partial charge in [-0.3, -0.25) is 4.79 Å². The van der Waals surface area contributed by atoms with Gasteiger partial charge in [0.15, 0.2) is 0 Å². The van der Waals surface area contributed by atoms with Gasteiger partial charge in [0, 0.05) is 23.0 Å². The highest BCUT2D eigenvalue weighted by Gasteiger charge is 2.44. The third-order valence-corrected chi connectivity index (χ3v) is 5.47. The Morgan fingerprint density at radius 3 is 2.95 bits per heavy atom. The number of fused-ring (bicyclic) bond motifs is 5. The zero-order valence-electron chi connectivity index (χ0n) is 12.9. The summed E-state index contributed by atoms with van der Waals surface area (Å²) in [4.78, 5) is 18.0. The molecule has 0 radical (unpaired) electrons. The number of hydrogen-bond acceptors (Lipinski definition) is 2. The number of nitrogens with one attached hydrogen (secondary N) is 1. The number of H-pyrrole nitrogens is 1. The Balaban J connectivity index is 1.92. The van der Waals surface area contributed by atoms with Gasteiger partial charge in [0.05, 0.1) is 18.7 Å². The highest BCUT2D eigenvalue weighted by Crippen LogP contribution is 2.45. The number of aromatic amines is 1. The number of aliphatic hydroxyl groups is 1. The maximum Gasteiger partial charge on any atom is 0.223 e. The topological polar surface area (TPSA) is 56.3 Å². The van der Waals surface area contributed by atoms with Gasteiger partial charge in [-0.1, -0.05) is 31.5 Å². The molecule has 2 N–H and O–H groups in total. The van der Waals surface area contributed by atoms with Crippen molar-refractivity contribution in [2.45, 2.75) is 44.7 Å². The molecule has 2 aromatic rings. The fourth-order valence-electron chi connectivity index (χ4n) is 4.39. The lowest BCUT2D eigenvalue weighted by atomic mass is 9.79. The fraction of sp³-hybridized carbons (Fsp3) is 0.500. The molecule has 0 unspecified atom stereocenters. The zero-order valence-corrected chi connectivity index (χ0v) is 12.9. The van der Waals surface area contributed by atoms with Crippen molar-refractivity contribution in [2.24, 2.45) is 5.92 Å². The molecule has 1 aromatic carbocycles. The van der Waals surface area contributed by atoms with Crippen LogP contribution in [0, 0.1) is 5.92 Å². The molecule has 2 aliphatic rings. The average molecular weight is 298 g/mol. The van der Waals surface area contributed by atoms with E-state index in [0.29, 0.717) is 12.3 Å². The standard InChI is InChI=1S/C18H22N2O2/c1-2-11-7-8-16(22)20-12(10-21)9-14-13-5-3-4-6-15(13)19-17(14)18(11)20/h3-6,11-12,18-19,21H,2,7-10H2,1H3/t11-,12+,18+/m1/s1. The van der Waals surface area contributed by atoms with Crippen LogP contribution in [0.1, 0.15) is 43.5 Å². The number of carbonyl (C=O) groups is 1. The zero-order chi connectivity index (χ0) is 15.3. The van der Waals surface area contributed by atoms with E-state index in [4.69, 9.17) is 0 Å². The van der Waals surface area contributed by atoms with Gasteiger partial charge in [-0.05, 0) is 30.4 Å². The van der Waals surface area contributed by atoms with Crippen LogP contribution in [0.2, 0.25) is 0 Å². The first-order chi connectivity index (χ1) is 10.7. The summed E-state index contributed by atoms with van der Waals surface area (Å²) in [6.45, 7) is 2.24. The van der Waals surface area contributed by atoms with Crippen LogP contribution in [-0.4, -0.2) is 33.5 Å². The Morgan fingerprint density at radius 1 is 1.36 bits per heavy atom. The van der Waals surface area contributed by atoms with Crippen molar-refractivity contribution in [2.75, 3.05) is 6.61 Å². The van der Waals surface area contributed by atoms with Crippen molar-refractivity contribution in [1.82, 2.24) is 9.88 Å². The molecule has 116 valence electrons. The smallest absolute Gasteiger partial charge is 0.223 e. The normalized spacial score (nSPS) is 27.8. The lowest BCUT2D eigenvalue weighted by Gasteiger charge is -2.47. The Bertz CT molecular complexity index is 721. The van der Waals surface area contributed by atoms with E-state index >= 15 is 0 Å². The number of aromatic nitrogens is 1. The molecule has 22 heavy (non-hydrogen) atoms. The Morgan fingerprint density at radius 2 is 2.18 bits per heavy atom. The van der Waals surface area contributed by atoms with Crippen LogP contribution in [0.25, 0.3) is 10.9 Å². The van der Waals surface area contributed by atoms with Crippen LogP contribution in [0.3, 0.4) is 0 Å². The summed E-state index contributed by atoms with van der Waals surface area (Å²) >= 11 is 0. The third kappa shape index (κ3) is 1.83. The monoisotopic (exact) mass is 298 g/mol. The molecule has 3 heterocycles. The molecule has 4 nitrogen and oxygen atoms in total. The molecule has 0 aliphatic carbocycles. The van der Waals surface area contributed by atoms with Gasteiger partial charge in [0.2, 0.25) is 5.91 Å². The number of rotatable bonds is 2. The van der Waals surface area contributed by atoms with Gasteiger partial charge in [-0.25, -0.2) is 0 Å². The predicted molar refractivity (Wildman–Crippen MR) is 85.5 cm³/mol. The van der Waals surface area contributed by atoms with Gasteiger partial charge in [0.25, 0.3) is 0 Å². The Labute approximate surface area is 130 Å². The summed E-state index contributed by atoms with van der Waals surface area (Å²) in [5, 5.41) is 11.1. The largest absolute Gasteiger partial charge is 0.394 e. The molecule has 1 saturated heterocycles. The predicted octanol–water partition coefficient (Wildman–Crippen LogP) is 2.77. The second-order valence-electron chi connectivity index (χ2n) is 6.56. The van der Waals surface area contributed by atoms with Gasteiger partial charge in [-0.2, -0.15) is 0 Å². The lowest BCUT2D eigenvalue weighted by Crippen LogP contribution is -2.53. The minimum absolute atomic E-state index is 0.0393. The molecule has 0 spiro atoms. The van der Waals surface area contributed by atoms with Crippen LogP contribution in [-0.2, 0) is 11.2 Å². The van der Waals surface area contributed by atoms with Crippen LogP contribution in [0.15, 0.2) is 24.3 Å². The molecular weight excluding hydrogens is 276 g/mol.